The molecule has 220 valence electrons. The quantitative estimate of drug-likeness (QED) is 0.279. The highest BCUT2D eigenvalue weighted by Gasteiger charge is 2.36. The molecule has 0 radical (unpaired) electrons. The number of alkyl halides is 1. The first-order chi connectivity index (χ1) is 20.4. The number of epoxide rings is 1. The number of nitrogens with zero attached hydrogens (tertiary/aromatic N) is 2. The largest absolute Gasteiger partial charge is 0.484 e. The zero-order chi connectivity index (χ0) is 29.2. The van der Waals surface area contributed by atoms with Crippen LogP contribution in [0.15, 0.2) is 65.0 Å². The average Bonchev–Trinajstić information content (AvgIpc) is 3.76. The van der Waals surface area contributed by atoms with Gasteiger partial charge >= 0.3 is 5.97 Å². The second kappa shape index (κ2) is 12.4. The van der Waals surface area contributed by atoms with Crippen LogP contribution in [0.25, 0.3) is 16.5 Å². The fourth-order valence-corrected chi connectivity index (χ4v) is 6.51. The first-order valence-corrected chi connectivity index (χ1v) is 15.2. The monoisotopic (exact) mass is 637 g/mol. The van der Waals surface area contributed by atoms with Gasteiger partial charge in [-0.15, -0.1) is 0 Å². The summed E-state index contributed by atoms with van der Waals surface area (Å²) in [5.74, 6) is -0.373. The third-order valence-corrected chi connectivity index (χ3v) is 9.01. The third kappa shape index (κ3) is 6.44. The number of aliphatic carboxylic acids is 1. The topological polar surface area (TPSA) is 104 Å². The molecule has 2 atom stereocenters. The van der Waals surface area contributed by atoms with E-state index in [4.69, 9.17) is 9.47 Å². The summed E-state index contributed by atoms with van der Waals surface area (Å²) in [4.78, 5) is 30.7. The number of anilines is 1. The number of hydrogen-bond acceptors (Lipinski definition) is 6. The lowest BCUT2D eigenvalue weighted by atomic mass is 9.87. The van der Waals surface area contributed by atoms with E-state index < -0.39 is 12.1 Å². The molecule has 1 saturated carbocycles. The van der Waals surface area contributed by atoms with Crippen LogP contribution in [0.3, 0.4) is 0 Å². The molecule has 1 aliphatic carbocycles. The van der Waals surface area contributed by atoms with E-state index in [1.165, 1.54) is 0 Å². The van der Waals surface area contributed by atoms with E-state index >= 15 is 0 Å². The third-order valence-electron chi connectivity index (χ3n) is 8.36. The van der Waals surface area contributed by atoms with Gasteiger partial charge < -0.3 is 24.8 Å². The minimum Gasteiger partial charge on any atom is -0.484 e. The van der Waals surface area contributed by atoms with E-state index in [0.717, 1.165) is 43.6 Å². The Labute approximate surface area is 252 Å². The van der Waals surface area contributed by atoms with Gasteiger partial charge in [-0.05, 0) is 70.8 Å². The number of aromatic nitrogens is 1. The maximum atomic E-state index is 14.4. The Morgan fingerprint density at radius 3 is 2.67 bits per heavy atom. The van der Waals surface area contributed by atoms with Gasteiger partial charge in [-0.25, -0.2) is 4.39 Å². The number of carboxylic acid groups (broad SMARTS) is 1. The SMILES string of the molecule is O=C(O)C1CCC(OCC2CC(F)CN2C(=O)Cc2ccc(N/C(=C3\CO3)c3nccc4ccccc34)c(Br)c2)CC1. The van der Waals surface area contributed by atoms with E-state index in [0.29, 0.717) is 32.3 Å². The first-order valence-electron chi connectivity index (χ1n) is 14.4. The van der Waals surface area contributed by atoms with E-state index in [9.17, 15) is 19.1 Å². The fraction of sp³-hybridized carbons (Fsp3) is 0.406. The van der Waals surface area contributed by atoms with Gasteiger partial charge in [-0.1, -0.05) is 30.3 Å². The van der Waals surface area contributed by atoms with E-state index in [1.54, 1.807) is 11.1 Å². The van der Waals surface area contributed by atoms with Crippen molar-refractivity contribution in [3.05, 3.63) is 76.2 Å². The van der Waals surface area contributed by atoms with E-state index in [1.807, 2.05) is 48.5 Å². The van der Waals surface area contributed by atoms with Crippen molar-refractivity contribution in [3.63, 3.8) is 0 Å². The van der Waals surface area contributed by atoms with E-state index in [2.05, 4.69) is 26.2 Å². The van der Waals surface area contributed by atoms with Gasteiger partial charge in [0.05, 0.1) is 49.0 Å². The van der Waals surface area contributed by atoms with Crippen molar-refractivity contribution < 1.29 is 28.6 Å². The number of carbonyl (C=O) groups is 2. The number of rotatable bonds is 9. The molecular formula is C32H33BrFN3O5. The molecule has 3 aliphatic rings. The second-order valence-electron chi connectivity index (χ2n) is 11.3. The first kappa shape index (κ1) is 28.6. The normalized spacial score (nSPS) is 24.8. The summed E-state index contributed by atoms with van der Waals surface area (Å²) in [5.41, 5.74) is 3.24. The Bertz CT molecular complexity index is 1510. The van der Waals surface area contributed by atoms with Gasteiger partial charge in [-0.3, -0.25) is 14.6 Å². The molecule has 2 unspecified atom stereocenters. The number of fused-ring (bicyclic) bond motifs is 1. The summed E-state index contributed by atoms with van der Waals surface area (Å²) < 4.78 is 26.8. The van der Waals surface area contributed by atoms with E-state index in [-0.39, 0.29) is 50.0 Å². The van der Waals surface area contributed by atoms with Crippen LogP contribution in [0.2, 0.25) is 0 Å². The van der Waals surface area contributed by atoms with Crippen molar-refractivity contribution >= 4 is 50.0 Å². The molecule has 8 nitrogen and oxygen atoms in total. The lowest BCUT2D eigenvalue weighted by molar-refractivity contribution is -0.144. The number of hydrogen-bond donors (Lipinski definition) is 2. The lowest BCUT2D eigenvalue weighted by Gasteiger charge is -2.29. The van der Waals surface area contributed by atoms with Crippen LogP contribution in [0.1, 0.15) is 43.4 Å². The molecule has 3 aromatic rings. The smallest absolute Gasteiger partial charge is 0.306 e. The van der Waals surface area contributed by atoms with Gasteiger partial charge in [0.25, 0.3) is 0 Å². The Morgan fingerprint density at radius 1 is 1.14 bits per heavy atom. The zero-order valence-electron chi connectivity index (χ0n) is 23.1. The second-order valence-corrected chi connectivity index (χ2v) is 12.1. The van der Waals surface area contributed by atoms with Crippen molar-refractivity contribution in [1.29, 1.82) is 0 Å². The Kier molecular flexibility index (Phi) is 8.44. The lowest BCUT2D eigenvalue weighted by Crippen LogP contribution is -2.40. The molecule has 3 heterocycles. The zero-order valence-corrected chi connectivity index (χ0v) is 24.7. The summed E-state index contributed by atoms with van der Waals surface area (Å²) >= 11 is 3.66. The van der Waals surface area contributed by atoms with Gasteiger partial charge in [-0.2, -0.15) is 0 Å². The van der Waals surface area contributed by atoms with Gasteiger partial charge in [0.1, 0.15) is 18.5 Å². The molecule has 2 aliphatic heterocycles. The number of pyridine rings is 1. The molecule has 1 aromatic heterocycles. The fourth-order valence-electron chi connectivity index (χ4n) is 5.99. The number of carbonyl (C=O) groups excluding carboxylic acids is 1. The minimum absolute atomic E-state index is 0.0443. The predicted octanol–water partition coefficient (Wildman–Crippen LogP) is 5.95. The molecule has 2 N–H and O–H groups in total. The van der Waals surface area contributed by atoms with Crippen LogP contribution in [-0.2, 0) is 25.5 Å². The number of carboxylic acids is 1. The van der Waals surface area contributed by atoms with Crippen molar-refractivity contribution in [1.82, 2.24) is 9.88 Å². The summed E-state index contributed by atoms with van der Waals surface area (Å²) in [6.07, 6.45) is 3.58. The van der Waals surface area contributed by atoms with Gasteiger partial charge in [0.15, 0.2) is 5.76 Å². The number of benzene rings is 2. The summed E-state index contributed by atoms with van der Waals surface area (Å²) in [5, 5.41) is 14.8. The molecule has 2 aromatic carbocycles. The Hall–Kier alpha value is -3.50. The molecule has 10 heteroatoms. The summed E-state index contributed by atoms with van der Waals surface area (Å²) in [6.45, 7) is 0.870. The van der Waals surface area contributed by atoms with Gasteiger partial charge in [0, 0.05) is 22.5 Å². The van der Waals surface area contributed by atoms with Crippen LogP contribution in [0.5, 0.6) is 0 Å². The van der Waals surface area contributed by atoms with Crippen molar-refractivity contribution in [2.75, 3.05) is 25.1 Å². The van der Waals surface area contributed by atoms with Crippen LogP contribution in [-0.4, -0.2) is 64.9 Å². The van der Waals surface area contributed by atoms with Crippen molar-refractivity contribution in [3.8, 4) is 0 Å². The highest BCUT2D eigenvalue weighted by atomic mass is 79.9. The van der Waals surface area contributed by atoms with Crippen LogP contribution < -0.4 is 5.32 Å². The highest BCUT2D eigenvalue weighted by molar-refractivity contribution is 9.10. The Balaban J connectivity index is 1.09. The summed E-state index contributed by atoms with van der Waals surface area (Å²) in [7, 11) is 0. The maximum absolute atomic E-state index is 14.4. The van der Waals surface area contributed by atoms with Crippen molar-refractivity contribution in [2.24, 2.45) is 5.92 Å². The van der Waals surface area contributed by atoms with Gasteiger partial charge in [0.2, 0.25) is 5.91 Å². The van der Waals surface area contributed by atoms with Crippen LogP contribution in [0, 0.1) is 5.92 Å². The standard InChI is InChI=1S/C32H33BrFN3O5/c33-26-13-19(5-10-27(26)36-31(28-18-42-28)30-25-4-2-1-3-20(25)11-12-35-30)14-29(38)37-16-22(34)15-23(37)17-41-24-8-6-21(7-9-24)32(39)40/h1-5,10-13,21-24,36H,6-9,14-18H2,(H,39,40)/b31-28+. The van der Waals surface area contributed by atoms with Crippen LogP contribution in [0.4, 0.5) is 10.1 Å². The Morgan fingerprint density at radius 2 is 1.93 bits per heavy atom. The highest BCUT2D eigenvalue weighted by Crippen LogP contribution is 2.35. The maximum Gasteiger partial charge on any atom is 0.306 e. The number of likely N-dealkylation sites (tertiary alicyclic amines) is 1. The number of amides is 1. The molecule has 6 rings (SSSR count). The predicted molar refractivity (Wildman–Crippen MR) is 160 cm³/mol. The molecule has 1 amide bonds. The molecule has 3 fully saturated rings. The average molecular weight is 639 g/mol. The number of halogens is 2. The number of ether oxygens (including phenoxy) is 2. The summed E-state index contributed by atoms with van der Waals surface area (Å²) in [6, 6.07) is 15.4. The number of nitrogens with one attached hydrogen (secondary N) is 1. The molecule has 0 bridgehead atoms. The molecule has 2 saturated heterocycles. The van der Waals surface area contributed by atoms with Crippen LogP contribution >= 0.6 is 15.9 Å². The molecule has 0 spiro atoms. The minimum atomic E-state index is -1.08. The molecule has 42 heavy (non-hydrogen) atoms. The molecular weight excluding hydrogens is 605 g/mol. The van der Waals surface area contributed by atoms with Crippen molar-refractivity contribution in [2.45, 2.75) is 56.8 Å².